The Kier molecular flexibility index (Phi) is 5.54. The van der Waals surface area contributed by atoms with Gasteiger partial charge in [0, 0.05) is 26.8 Å². The molecule has 0 aliphatic carbocycles. The normalized spacial score (nSPS) is 10.6. The zero-order valence-corrected chi connectivity index (χ0v) is 16.2. The quantitative estimate of drug-likeness (QED) is 0.669. The van der Waals surface area contributed by atoms with Crippen LogP contribution in [0.2, 0.25) is 5.02 Å². The number of carbonyl (C=O) groups excluding carboxylic acids is 1. The first-order valence-electron chi connectivity index (χ1n) is 7.83. The molecule has 5 nitrogen and oxygen atoms in total. The Morgan fingerprint density at radius 1 is 1.15 bits per heavy atom. The Labute approximate surface area is 163 Å². The first-order valence-corrected chi connectivity index (χ1v) is 9.00. The lowest BCUT2D eigenvalue weighted by molar-refractivity contribution is -0.117. The second-order valence-corrected chi connectivity index (χ2v) is 7.00. The predicted octanol–water partition coefficient (Wildman–Crippen LogP) is 4.27. The molecule has 0 fully saturated rings. The van der Waals surface area contributed by atoms with Gasteiger partial charge in [0.1, 0.15) is 6.54 Å². The van der Waals surface area contributed by atoms with Gasteiger partial charge in [-0.3, -0.25) is 9.59 Å². The van der Waals surface area contributed by atoms with E-state index >= 15 is 0 Å². The summed E-state index contributed by atoms with van der Waals surface area (Å²) in [7, 11) is 0. The number of nitrogens with one attached hydrogen (secondary N) is 1. The van der Waals surface area contributed by atoms with E-state index in [1.807, 2.05) is 31.2 Å². The van der Waals surface area contributed by atoms with Crippen LogP contribution in [0.4, 0.5) is 5.69 Å². The highest BCUT2D eigenvalue weighted by Gasteiger charge is 2.10. The van der Waals surface area contributed by atoms with Crippen molar-refractivity contribution in [3.05, 3.63) is 80.0 Å². The van der Waals surface area contributed by atoms with Gasteiger partial charge in [-0.05, 0) is 42.8 Å². The van der Waals surface area contributed by atoms with E-state index in [9.17, 15) is 9.59 Å². The molecule has 2 aromatic carbocycles. The molecule has 0 bridgehead atoms. The summed E-state index contributed by atoms with van der Waals surface area (Å²) >= 11 is 9.44. The summed E-state index contributed by atoms with van der Waals surface area (Å²) in [6, 6.07) is 15.9. The van der Waals surface area contributed by atoms with Gasteiger partial charge < -0.3 is 5.32 Å². The first-order chi connectivity index (χ1) is 12.4. The average molecular weight is 433 g/mol. The van der Waals surface area contributed by atoms with Gasteiger partial charge in [-0.2, -0.15) is 5.10 Å². The highest BCUT2D eigenvalue weighted by atomic mass is 79.9. The Bertz CT molecular complexity index is 1020. The lowest BCUT2D eigenvalue weighted by Crippen LogP contribution is -2.29. The molecule has 0 atom stereocenters. The minimum Gasteiger partial charge on any atom is -0.324 e. The van der Waals surface area contributed by atoms with Crippen molar-refractivity contribution in [3.63, 3.8) is 0 Å². The van der Waals surface area contributed by atoms with Crippen molar-refractivity contribution in [1.29, 1.82) is 0 Å². The molecule has 0 saturated heterocycles. The molecular formula is C19H15BrClN3O2. The van der Waals surface area contributed by atoms with Crippen LogP contribution in [-0.2, 0) is 11.3 Å². The second kappa shape index (κ2) is 7.85. The number of nitrogens with zero attached hydrogens (tertiary/aromatic N) is 2. The topological polar surface area (TPSA) is 64.0 Å². The van der Waals surface area contributed by atoms with Crippen LogP contribution >= 0.6 is 27.5 Å². The smallest absolute Gasteiger partial charge is 0.267 e. The van der Waals surface area contributed by atoms with E-state index in [4.69, 9.17) is 11.6 Å². The SMILES string of the molecule is Cc1c(Cl)cccc1NC(=O)Cn1nc(-c2ccc(Br)cc2)ccc1=O. The van der Waals surface area contributed by atoms with Crippen molar-refractivity contribution in [3.8, 4) is 11.3 Å². The minimum atomic E-state index is -0.349. The predicted molar refractivity (Wildman–Crippen MR) is 106 cm³/mol. The van der Waals surface area contributed by atoms with E-state index in [1.165, 1.54) is 6.07 Å². The van der Waals surface area contributed by atoms with Crippen LogP contribution in [0.1, 0.15) is 5.56 Å². The summed E-state index contributed by atoms with van der Waals surface area (Å²) in [5, 5.41) is 7.62. The summed E-state index contributed by atoms with van der Waals surface area (Å²) in [5.41, 5.74) is 2.51. The van der Waals surface area contributed by atoms with E-state index in [1.54, 1.807) is 24.3 Å². The third-order valence-corrected chi connectivity index (χ3v) is 4.78. The van der Waals surface area contributed by atoms with Crippen LogP contribution < -0.4 is 10.9 Å². The van der Waals surface area contributed by atoms with Crippen LogP contribution in [0.3, 0.4) is 0 Å². The zero-order chi connectivity index (χ0) is 18.7. The summed E-state index contributed by atoms with van der Waals surface area (Å²) in [6.45, 7) is 1.63. The van der Waals surface area contributed by atoms with Gasteiger partial charge in [-0.1, -0.05) is 45.7 Å². The molecular weight excluding hydrogens is 418 g/mol. The van der Waals surface area contributed by atoms with Crippen LogP contribution in [0.25, 0.3) is 11.3 Å². The molecule has 0 unspecified atom stereocenters. The number of hydrogen-bond acceptors (Lipinski definition) is 3. The number of amides is 1. The van der Waals surface area contributed by atoms with E-state index < -0.39 is 0 Å². The van der Waals surface area contributed by atoms with E-state index in [-0.39, 0.29) is 18.0 Å². The largest absolute Gasteiger partial charge is 0.324 e. The molecule has 3 rings (SSSR count). The summed E-state index contributed by atoms with van der Waals surface area (Å²) in [6.07, 6.45) is 0. The van der Waals surface area contributed by atoms with Gasteiger partial charge in [0.25, 0.3) is 5.56 Å². The molecule has 26 heavy (non-hydrogen) atoms. The summed E-state index contributed by atoms with van der Waals surface area (Å²) in [5.74, 6) is -0.349. The fourth-order valence-corrected chi connectivity index (χ4v) is 2.84. The third kappa shape index (κ3) is 4.20. The van der Waals surface area contributed by atoms with Gasteiger partial charge >= 0.3 is 0 Å². The van der Waals surface area contributed by atoms with Crippen LogP contribution in [0.15, 0.2) is 63.9 Å². The molecule has 0 spiro atoms. The average Bonchev–Trinajstić information content (AvgIpc) is 2.62. The van der Waals surface area contributed by atoms with E-state index in [0.29, 0.717) is 16.4 Å². The highest BCUT2D eigenvalue weighted by Crippen LogP contribution is 2.23. The fourth-order valence-electron chi connectivity index (χ4n) is 2.41. The molecule has 3 aromatic rings. The maximum Gasteiger partial charge on any atom is 0.267 e. The van der Waals surface area contributed by atoms with Crippen molar-refractivity contribution in [1.82, 2.24) is 9.78 Å². The Morgan fingerprint density at radius 3 is 2.62 bits per heavy atom. The number of hydrogen-bond donors (Lipinski definition) is 1. The van der Waals surface area contributed by atoms with Crippen molar-refractivity contribution in [2.24, 2.45) is 0 Å². The molecule has 0 radical (unpaired) electrons. The number of carbonyl (C=O) groups is 1. The molecule has 7 heteroatoms. The number of rotatable bonds is 4. The standard InChI is InChI=1S/C19H15BrClN3O2/c1-12-15(21)3-2-4-16(12)22-18(25)11-24-19(26)10-9-17(23-24)13-5-7-14(20)8-6-13/h2-10H,11H2,1H3,(H,22,25). The van der Waals surface area contributed by atoms with Gasteiger partial charge in [-0.15, -0.1) is 0 Å². The molecule has 1 amide bonds. The van der Waals surface area contributed by atoms with Crippen molar-refractivity contribution < 1.29 is 4.79 Å². The highest BCUT2D eigenvalue weighted by molar-refractivity contribution is 9.10. The Hall–Kier alpha value is -2.44. The molecule has 0 saturated carbocycles. The van der Waals surface area contributed by atoms with Crippen molar-refractivity contribution >= 4 is 39.1 Å². The third-order valence-electron chi connectivity index (χ3n) is 3.84. The maximum absolute atomic E-state index is 12.3. The van der Waals surface area contributed by atoms with Crippen LogP contribution in [0.5, 0.6) is 0 Å². The van der Waals surface area contributed by atoms with E-state index in [2.05, 4.69) is 26.3 Å². The number of benzene rings is 2. The number of halogens is 2. The Morgan fingerprint density at radius 2 is 1.88 bits per heavy atom. The zero-order valence-electron chi connectivity index (χ0n) is 13.9. The molecule has 1 aromatic heterocycles. The second-order valence-electron chi connectivity index (χ2n) is 5.68. The molecule has 1 N–H and O–H groups in total. The molecule has 132 valence electrons. The van der Waals surface area contributed by atoms with Gasteiger partial charge in [0.05, 0.1) is 5.69 Å². The minimum absolute atomic E-state index is 0.185. The fraction of sp³-hybridized carbons (Fsp3) is 0.105. The number of anilines is 1. The lowest BCUT2D eigenvalue weighted by atomic mass is 10.1. The van der Waals surface area contributed by atoms with Gasteiger partial charge in [-0.25, -0.2) is 4.68 Å². The van der Waals surface area contributed by atoms with Gasteiger partial charge in [0.2, 0.25) is 5.91 Å². The first kappa shape index (κ1) is 18.4. The molecule has 0 aliphatic heterocycles. The lowest BCUT2D eigenvalue weighted by Gasteiger charge is -2.11. The monoisotopic (exact) mass is 431 g/mol. The van der Waals surface area contributed by atoms with Gasteiger partial charge in [0.15, 0.2) is 0 Å². The Balaban J connectivity index is 1.82. The molecule has 0 aliphatic rings. The van der Waals surface area contributed by atoms with E-state index in [0.717, 1.165) is 20.3 Å². The summed E-state index contributed by atoms with van der Waals surface area (Å²) < 4.78 is 2.10. The van der Waals surface area contributed by atoms with Crippen molar-refractivity contribution in [2.45, 2.75) is 13.5 Å². The number of aromatic nitrogens is 2. The van der Waals surface area contributed by atoms with Crippen LogP contribution in [0, 0.1) is 6.92 Å². The van der Waals surface area contributed by atoms with Crippen molar-refractivity contribution in [2.75, 3.05) is 5.32 Å². The molecule has 1 heterocycles. The van der Waals surface area contributed by atoms with Crippen LogP contribution in [-0.4, -0.2) is 15.7 Å². The maximum atomic E-state index is 12.3. The summed E-state index contributed by atoms with van der Waals surface area (Å²) in [4.78, 5) is 24.4.